The van der Waals surface area contributed by atoms with Crippen molar-refractivity contribution in [3.8, 4) is 0 Å². The quantitative estimate of drug-likeness (QED) is 0.762. The van der Waals surface area contributed by atoms with E-state index in [1.54, 1.807) is 12.1 Å². The summed E-state index contributed by atoms with van der Waals surface area (Å²) in [4.78, 5) is 11.2. The molecule has 0 spiro atoms. The van der Waals surface area contributed by atoms with Gasteiger partial charge in [0.1, 0.15) is 12.0 Å². The Labute approximate surface area is 104 Å². The lowest BCUT2D eigenvalue weighted by Crippen LogP contribution is -2.19. The van der Waals surface area contributed by atoms with Gasteiger partial charge >= 0.3 is 0 Å². The molecule has 3 rings (SSSR count). The van der Waals surface area contributed by atoms with Crippen LogP contribution in [0.2, 0.25) is 0 Å². The highest BCUT2D eigenvalue weighted by Crippen LogP contribution is 2.30. The Balaban J connectivity index is 2.15. The number of hydrogen-bond donors (Lipinski definition) is 0. The van der Waals surface area contributed by atoms with Crippen LogP contribution in [0.3, 0.4) is 0 Å². The van der Waals surface area contributed by atoms with Crippen LogP contribution in [0.4, 0.5) is 4.39 Å². The van der Waals surface area contributed by atoms with Crippen LogP contribution in [-0.4, -0.2) is 17.5 Å². The number of aromatic nitrogens is 1. The van der Waals surface area contributed by atoms with E-state index in [2.05, 4.69) is 0 Å². The predicted molar refractivity (Wildman–Crippen MR) is 66.1 cm³/mol. The van der Waals surface area contributed by atoms with Gasteiger partial charge in [-0.2, -0.15) is 0 Å². The fraction of sp³-hybridized carbons (Fsp3) is 0.357. The summed E-state index contributed by atoms with van der Waals surface area (Å²) in [5, 5.41) is 0.742. The van der Waals surface area contributed by atoms with Crippen molar-refractivity contribution in [3.05, 3.63) is 35.8 Å². The Hall–Kier alpha value is -1.68. The first-order valence-corrected chi connectivity index (χ1v) is 6.17. The monoisotopic (exact) mass is 247 g/mol. The summed E-state index contributed by atoms with van der Waals surface area (Å²) < 4.78 is 20.8. The van der Waals surface area contributed by atoms with E-state index in [1.807, 2.05) is 4.57 Å². The lowest BCUT2D eigenvalue weighted by atomic mass is 10.2. The highest BCUT2D eigenvalue weighted by molar-refractivity contribution is 5.89. The second-order valence-electron chi connectivity index (χ2n) is 4.58. The summed E-state index contributed by atoms with van der Waals surface area (Å²) in [5.41, 5.74) is 1.40. The Morgan fingerprint density at radius 3 is 2.94 bits per heavy atom. The van der Waals surface area contributed by atoms with Crippen LogP contribution < -0.4 is 0 Å². The molecular weight excluding hydrogens is 233 g/mol. The van der Waals surface area contributed by atoms with Crippen LogP contribution in [0.25, 0.3) is 10.9 Å². The lowest BCUT2D eigenvalue weighted by molar-refractivity contribution is -0.0299. The van der Waals surface area contributed by atoms with Gasteiger partial charge in [0.25, 0.3) is 0 Å². The molecule has 1 aromatic carbocycles. The van der Waals surface area contributed by atoms with Gasteiger partial charge in [-0.15, -0.1) is 0 Å². The Morgan fingerprint density at radius 2 is 2.22 bits per heavy atom. The summed E-state index contributed by atoms with van der Waals surface area (Å²) in [6.07, 6.45) is 3.73. The molecular formula is C14H14FNO2. The van der Waals surface area contributed by atoms with E-state index < -0.39 is 0 Å². The van der Waals surface area contributed by atoms with Crippen molar-refractivity contribution in [1.82, 2.24) is 4.57 Å². The predicted octanol–water partition coefficient (Wildman–Crippen LogP) is 3.29. The van der Waals surface area contributed by atoms with Crippen LogP contribution in [-0.2, 0) is 4.74 Å². The Kier molecular flexibility index (Phi) is 2.88. The molecule has 3 nitrogen and oxygen atoms in total. The Bertz CT molecular complexity index is 585. The molecule has 1 aliphatic heterocycles. The van der Waals surface area contributed by atoms with Crippen molar-refractivity contribution in [2.75, 3.05) is 6.61 Å². The highest BCUT2D eigenvalue weighted by Gasteiger charge is 2.20. The van der Waals surface area contributed by atoms with E-state index in [0.717, 1.165) is 36.5 Å². The summed E-state index contributed by atoms with van der Waals surface area (Å²) in [6, 6.07) is 6.27. The van der Waals surface area contributed by atoms with Gasteiger partial charge in [-0.05, 0) is 43.5 Å². The minimum Gasteiger partial charge on any atom is -0.358 e. The van der Waals surface area contributed by atoms with E-state index in [0.29, 0.717) is 12.3 Å². The van der Waals surface area contributed by atoms with Gasteiger partial charge in [0.05, 0.1) is 11.2 Å². The SMILES string of the molecule is O=Cc1cc2cc(F)ccc2n1C1CCCCO1. The molecule has 94 valence electrons. The number of hydrogen-bond acceptors (Lipinski definition) is 2. The number of carbonyl (C=O) groups is 1. The number of carbonyl (C=O) groups excluding carboxylic acids is 1. The fourth-order valence-electron chi connectivity index (χ4n) is 2.57. The molecule has 1 unspecified atom stereocenters. The van der Waals surface area contributed by atoms with Crippen LogP contribution in [0.1, 0.15) is 36.0 Å². The number of nitrogens with zero attached hydrogens (tertiary/aromatic N) is 1. The zero-order chi connectivity index (χ0) is 12.5. The van der Waals surface area contributed by atoms with Crippen molar-refractivity contribution in [2.24, 2.45) is 0 Å². The van der Waals surface area contributed by atoms with E-state index in [4.69, 9.17) is 4.74 Å². The first kappa shape index (κ1) is 11.4. The molecule has 1 aromatic heterocycles. The maximum Gasteiger partial charge on any atom is 0.166 e. The van der Waals surface area contributed by atoms with E-state index >= 15 is 0 Å². The van der Waals surface area contributed by atoms with Gasteiger partial charge in [-0.1, -0.05) is 0 Å². The van der Waals surface area contributed by atoms with Gasteiger partial charge in [0.2, 0.25) is 0 Å². The molecule has 1 atom stereocenters. The molecule has 4 heteroatoms. The second kappa shape index (κ2) is 4.53. The molecule has 18 heavy (non-hydrogen) atoms. The van der Waals surface area contributed by atoms with Gasteiger partial charge < -0.3 is 9.30 Å². The molecule has 0 N–H and O–H groups in total. The highest BCUT2D eigenvalue weighted by atomic mass is 19.1. The van der Waals surface area contributed by atoms with Crippen LogP contribution >= 0.6 is 0 Å². The zero-order valence-electron chi connectivity index (χ0n) is 9.93. The first-order valence-electron chi connectivity index (χ1n) is 6.17. The molecule has 2 heterocycles. The van der Waals surface area contributed by atoms with Crippen LogP contribution in [0.5, 0.6) is 0 Å². The molecule has 1 aliphatic rings. The number of benzene rings is 1. The molecule has 0 amide bonds. The molecule has 0 aliphatic carbocycles. The third-order valence-electron chi connectivity index (χ3n) is 3.40. The normalized spacial score (nSPS) is 20.2. The van der Waals surface area contributed by atoms with Crippen molar-refractivity contribution in [3.63, 3.8) is 0 Å². The van der Waals surface area contributed by atoms with E-state index in [1.165, 1.54) is 12.1 Å². The van der Waals surface area contributed by atoms with Gasteiger partial charge in [-0.25, -0.2) is 4.39 Å². The first-order chi connectivity index (χ1) is 8.79. The third-order valence-corrected chi connectivity index (χ3v) is 3.40. The molecule has 0 radical (unpaired) electrons. The van der Waals surface area contributed by atoms with Gasteiger partial charge in [0, 0.05) is 12.0 Å². The summed E-state index contributed by atoms with van der Waals surface area (Å²) >= 11 is 0. The molecule has 0 bridgehead atoms. The van der Waals surface area contributed by atoms with Gasteiger partial charge in [0.15, 0.2) is 6.29 Å². The largest absolute Gasteiger partial charge is 0.358 e. The summed E-state index contributed by atoms with van der Waals surface area (Å²) in [7, 11) is 0. The average Bonchev–Trinajstić information content (AvgIpc) is 2.77. The number of fused-ring (bicyclic) bond motifs is 1. The van der Waals surface area contributed by atoms with E-state index in [-0.39, 0.29) is 12.0 Å². The molecule has 0 saturated carbocycles. The lowest BCUT2D eigenvalue weighted by Gasteiger charge is -2.25. The molecule has 2 aromatic rings. The summed E-state index contributed by atoms with van der Waals surface area (Å²) in [5.74, 6) is -0.290. The number of rotatable bonds is 2. The van der Waals surface area contributed by atoms with Crippen molar-refractivity contribution in [2.45, 2.75) is 25.5 Å². The van der Waals surface area contributed by atoms with Crippen molar-refractivity contribution in [1.29, 1.82) is 0 Å². The minimum absolute atomic E-state index is 0.109. The number of ether oxygens (including phenoxy) is 1. The zero-order valence-corrected chi connectivity index (χ0v) is 9.93. The van der Waals surface area contributed by atoms with Gasteiger partial charge in [-0.3, -0.25) is 4.79 Å². The maximum absolute atomic E-state index is 13.2. The number of aldehydes is 1. The molecule has 1 fully saturated rings. The van der Waals surface area contributed by atoms with E-state index in [9.17, 15) is 9.18 Å². The smallest absolute Gasteiger partial charge is 0.166 e. The van der Waals surface area contributed by atoms with Crippen LogP contribution in [0.15, 0.2) is 24.3 Å². The fourth-order valence-corrected chi connectivity index (χ4v) is 2.57. The average molecular weight is 247 g/mol. The standard InChI is InChI=1S/C14H14FNO2/c15-11-4-5-13-10(7-11)8-12(9-17)16(13)14-3-1-2-6-18-14/h4-5,7-9,14H,1-3,6H2. The minimum atomic E-state index is -0.290. The second-order valence-corrected chi connectivity index (χ2v) is 4.58. The number of halogens is 1. The maximum atomic E-state index is 13.2. The van der Waals surface area contributed by atoms with Crippen molar-refractivity contribution >= 4 is 17.2 Å². The Morgan fingerprint density at radius 1 is 1.33 bits per heavy atom. The van der Waals surface area contributed by atoms with Crippen molar-refractivity contribution < 1.29 is 13.9 Å². The third kappa shape index (κ3) is 1.82. The summed E-state index contributed by atoms with van der Waals surface area (Å²) in [6.45, 7) is 0.712. The topological polar surface area (TPSA) is 31.2 Å². The van der Waals surface area contributed by atoms with Crippen LogP contribution in [0, 0.1) is 5.82 Å². The molecule has 1 saturated heterocycles.